The molecule has 2 aromatic rings. The monoisotopic (exact) mass is 605 g/mol. The zero-order valence-corrected chi connectivity index (χ0v) is 23.4. The highest BCUT2D eigenvalue weighted by molar-refractivity contribution is 6.42. The van der Waals surface area contributed by atoms with Gasteiger partial charge in [-0.1, -0.05) is 35.3 Å². The number of piperidine rings is 1. The van der Waals surface area contributed by atoms with Gasteiger partial charge in [0.25, 0.3) is 0 Å². The average Bonchev–Trinajstić information content (AvgIpc) is 3.41. The van der Waals surface area contributed by atoms with Crippen LogP contribution in [0.1, 0.15) is 31.2 Å². The Hall–Kier alpha value is -2.56. The van der Waals surface area contributed by atoms with Crippen molar-refractivity contribution >= 4 is 40.8 Å². The number of nitrogens with zero attached hydrogens (tertiary/aromatic N) is 2. The third kappa shape index (κ3) is 10.1. The number of amides is 1. The summed E-state index contributed by atoms with van der Waals surface area (Å²) in [6.07, 6.45) is 0.128. The summed E-state index contributed by atoms with van der Waals surface area (Å²) < 4.78 is 44.8. The zero-order chi connectivity index (χ0) is 29.3. The minimum atomic E-state index is -5.08. The number of likely N-dealkylation sites (tertiary alicyclic amines) is 1. The highest BCUT2D eigenvalue weighted by Gasteiger charge is 2.38. The highest BCUT2D eigenvalue weighted by atomic mass is 35.5. The number of hydrogen-bond donors (Lipinski definition) is 2. The fourth-order valence-electron chi connectivity index (χ4n) is 4.92. The molecule has 2 saturated heterocycles. The second kappa shape index (κ2) is 14.9. The van der Waals surface area contributed by atoms with E-state index in [0.29, 0.717) is 22.5 Å². The number of rotatable bonds is 8. The fourth-order valence-corrected chi connectivity index (χ4v) is 5.21. The standard InChI is InChI=1S/C26H32Cl2FN3O.C2HF3O2/c27-24-7-6-23(17-25(24)28)32-15-10-21(18-32)26(33)30-11-1-12-31-13-8-20(9-14-31)16-19-2-4-22(29)5-3-19;3-2(4,5)1(6)7/h2-7,17,20-21H,1,8-16,18H2,(H,30,33);(H,6,7). The van der Waals surface area contributed by atoms with E-state index in [-0.39, 0.29) is 17.6 Å². The number of aliphatic carboxylic acids is 1. The normalized spacial score (nSPS) is 18.2. The zero-order valence-electron chi connectivity index (χ0n) is 21.9. The first kappa shape index (κ1) is 32.0. The van der Waals surface area contributed by atoms with Gasteiger partial charge in [0.05, 0.1) is 16.0 Å². The van der Waals surface area contributed by atoms with E-state index in [4.69, 9.17) is 33.1 Å². The predicted molar refractivity (Wildman–Crippen MR) is 147 cm³/mol. The van der Waals surface area contributed by atoms with Crippen LogP contribution in [0.2, 0.25) is 10.0 Å². The van der Waals surface area contributed by atoms with Gasteiger partial charge in [-0.2, -0.15) is 13.2 Å². The lowest BCUT2D eigenvalue weighted by atomic mass is 9.90. The molecule has 1 amide bonds. The van der Waals surface area contributed by atoms with E-state index in [9.17, 15) is 22.4 Å². The number of carboxylic acid groups (broad SMARTS) is 1. The first-order valence-electron chi connectivity index (χ1n) is 13.2. The van der Waals surface area contributed by atoms with Crippen LogP contribution in [0.25, 0.3) is 0 Å². The summed E-state index contributed by atoms with van der Waals surface area (Å²) in [7, 11) is 0. The predicted octanol–water partition coefficient (Wildman–Crippen LogP) is 6.05. The number of carbonyl (C=O) groups excluding carboxylic acids is 1. The molecule has 2 fully saturated rings. The van der Waals surface area contributed by atoms with Crippen molar-refractivity contribution in [1.29, 1.82) is 0 Å². The van der Waals surface area contributed by atoms with Crippen LogP contribution < -0.4 is 10.2 Å². The highest BCUT2D eigenvalue weighted by Crippen LogP contribution is 2.30. The molecule has 1 unspecified atom stereocenters. The van der Waals surface area contributed by atoms with Crippen molar-refractivity contribution in [3.05, 3.63) is 63.9 Å². The first-order valence-corrected chi connectivity index (χ1v) is 13.9. The van der Waals surface area contributed by atoms with Crippen molar-refractivity contribution in [2.45, 2.75) is 38.3 Å². The Kier molecular flexibility index (Phi) is 11.9. The molecular weight excluding hydrogens is 573 g/mol. The quantitative estimate of drug-likeness (QED) is 0.283. The molecule has 0 saturated carbocycles. The maximum absolute atomic E-state index is 13.1. The van der Waals surface area contributed by atoms with E-state index in [0.717, 1.165) is 57.7 Å². The van der Waals surface area contributed by atoms with E-state index < -0.39 is 12.1 Å². The topological polar surface area (TPSA) is 72.9 Å². The lowest BCUT2D eigenvalue weighted by Crippen LogP contribution is -2.37. The smallest absolute Gasteiger partial charge is 0.475 e. The van der Waals surface area contributed by atoms with Crippen LogP contribution in [-0.2, 0) is 16.0 Å². The summed E-state index contributed by atoms with van der Waals surface area (Å²) in [6.45, 7) is 5.50. The van der Waals surface area contributed by atoms with Crippen LogP contribution in [0.5, 0.6) is 0 Å². The second-order valence-corrected chi connectivity index (χ2v) is 10.9. The SMILES string of the molecule is O=C(NCCCN1CCC(Cc2ccc(F)cc2)CC1)C1CCN(c2ccc(Cl)c(Cl)c2)C1.O=C(O)C(F)(F)F. The first-order chi connectivity index (χ1) is 18.9. The van der Waals surface area contributed by atoms with Crippen LogP contribution in [0.15, 0.2) is 42.5 Å². The van der Waals surface area contributed by atoms with E-state index in [2.05, 4.69) is 15.1 Å². The van der Waals surface area contributed by atoms with Crippen molar-refractivity contribution in [2.75, 3.05) is 44.2 Å². The van der Waals surface area contributed by atoms with Crippen molar-refractivity contribution < 1.29 is 32.3 Å². The Morgan fingerprint density at radius 3 is 2.23 bits per heavy atom. The third-order valence-corrected chi connectivity index (χ3v) is 7.90. The Morgan fingerprint density at radius 1 is 0.975 bits per heavy atom. The number of hydrogen-bond acceptors (Lipinski definition) is 4. The van der Waals surface area contributed by atoms with Crippen LogP contribution in [0, 0.1) is 17.7 Å². The number of anilines is 1. The summed E-state index contributed by atoms with van der Waals surface area (Å²) in [5, 5.41) is 11.3. The Balaban J connectivity index is 0.000000559. The van der Waals surface area contributed by atoms with Crippen molar-refractivity contribution in [2.24, 2.45) is 11.8 Å². The van der Waals surface area contributed by atoms with Gasteiger partial charge in [-0.05, 0) is 93.6 Å². The molecule has 6 nitrogen and oxygen atoms in total. The summed E-state index contributed by atoms with van der Waals surface area (Å²) in [5.41, 5.74) is 2.24. The maximum Gasteiger partial charge on any atom is 0.490 e. The molecule has 2 aliphatic heterocycles. The van der Waals surface area contributed by atoms with E-state index in [1.165, 1.54) is 18.4 Å². The Morgan fingerprint density at radius 2 is 1.62 bits per heavy atom. The number of benzene rings is 2. The van der Waals surface area contributed by atoms with Crippen LogP contribution in [0.3, 0.4) is 0 Å². The molecular formula is C28H33Cl2F4N3O3. The van der Waals surface area contributed by atoms with Gasteiger partial charge in [0.15, 0.2) is 0 Å². The van der Waals surface area contributed by atoms with Gasteiger partial charge in [-0.3, -0.25) is 4.79 Å². The molecule has 2 heterocycles. The number of halogens is 6. The number of alkyl halides is 3. The molecule has 0 aromatic heterocycles. The molecule has 2 N–H and O–H groups in total. The molecule has 1 atom stereocenters. The summed E-state index contributed by atoms with van der Waals surface area (Å²) in [6, 6.07) is 12.5. The number of carboxylic acids is 1. The molecule has 12 heteroatoms. The minimum absolute atomic E-state index is 0.0154. The van der Waals surface area contributed by atoms with Gasteiger partial charge in [-0.25, -0.2) is 9.18 Å². The second-order valence-electron chi connectivity index (χ2n) is 10.1. The molecule has 2 aliphatic rings. The van der Waals surface area contributed by atoms with Gasteiger partial charge in [-0.15, -0.1) is 0 Å². The van der Waals surface area contributed by atoms with Crippen molar-refractivity contribution in [3.63, 3.8) is 0 Å². The van der Waals surface area contributed by atoms with Crippen molar-refractivity contribution in [1.82, 2.24) is 10.2 Å². The molecule has 0 aliphatic carbocycles. The summed E-state index contributed by atoms with van der Waals surface area (Å²) in [4.78, 5) is 26.2. The number of nitrogens with one attached hydrogen (secondary N) is 1. The van der Waals surface area contributed by atoms with Crippen LogP contribution in [-0.4, -0.2) is 67.3 Å². The van der Waals surface area contributed by atoms with Gasteiger partial charge >= 0.3 is 12.1 Å². The molecule has 0 bridgehead atoms. The van der Waals surface area contributed by atoms with Crippen molar-refractivity contribution in [3.8, 4) is 0 Å². The minimum Gasteiger partial charge on any atom is -0.475 e. The maximum atomic E-state index is 13.1. The average molecular weight is 606 g/mol. The lowest BCUT2D eigenvalue weighted by molar-refractivity contribution is -0.192. The summed E-state index contributed by atoms with van der Waals surface area (Å²) in [5.74, 6) is -2.09. The molecule has 4 rings (SSSR count). The van der Waals surface area contributed by atoms with Gasteiger partial charge in [0.1, 0.15) is 5.82 Å². The van der Waals surface area contributed by atoms with E-state index in [1.807, 2.05) is 24.3 Å². The summed E-state index contributed by atoms with van der Waals surface area (Å²) >= 11 is 12.1. The van der Waals surface area contributed by atoms with E-state index >= 15 is 0 Å². The van der Waals surface area contributed by atoms with Gasteiger partial charge < -0.3 is 20.2 Å². The molecule has 0 radical (unpaired) electrons. The molecule has 2 aromatic carbocycles. The third-order valence-electron chi connectivity index (χ3n) is 7.17. The molecule has 40 heavy (non-hydrogen) atoms. The number of carbonyl (C=O) groups is 2. The fraction of sp³-hybridized carbons (Fsp3) is 0.500. The lowest BCUT2D eigenvalue weighted by Gasteiger charge is -2.32. The van der Waals surface area contributed by atoms with Crippen LogP contribution >= 0.6 is 23.2 Å². The Bertz CT molecular complexity index is 1130. The van der Waals surface area contributed by atoms with Crippen LogP contribution in [0.4, 0.5) is 23.2 Å². The van der Waals surface area contributed by atoms with Gasteiger partial charge in [0.2, 0.25) is 5.91 Å². The Labute approximate surface area is 241 Å². The largest absolute Gasteiger partial charge is 0.490 e. The van der Waals surface area contributed by atoms with E-state index in [1.54, 1.807) is 18.2 Å². The molecule has 220 valence electrons. The molecule has 0 spiro atoms. The van der Waals surface area contributed by atoms with Gasteiger partial charge in [0, 0.05) is 25.3 Å².